The van der Waals surface area contributed by atoms with Gasteiger partial charge in [-0.3, -0.25) is 4.79 Å². The summed E-state index contributed by atoms with van der Waals surface area (Å²) in [7, 11) is 1.51. The molecule has 1 aliphatic rings. The zero-order chi connectivity index (χ0) is 10.6. The topological polar surface area (TPSA) is 62.1 Å². The lowest BCUT2D eigenvalue weighted by atomic mass is 9.98. The van der Waals surface area contributed by atoms with Crippen molar-refractivity contribution in [2.75, 3.05) is 26.8 Å². The van der Waals surface area contributed by atoms with Crippen molar-refractivity contribution in [1.82, 2.24) is 4.90 Å². The summed E-state index contributed by atoms with van der Waals surface area (Å²) in [5, 5.41) is 11.9. The molecule has 1 atom stereocenters. The standard InChI is InChI=1S/C9H16N2O3/c1-7-5-11(9(12)6-14-2)4-3-8(7)10-13/h7,13H,3-6H2,1-2H3/b10-8+. The molecule has 1 rings (SSSR count). The summed E-state index contributed by atoms with van der Waals surface area (Å²) in [5.41, 5.74) is 0.770. The number of ether oxygens (including phenoxy) is 1. The zero-order valence-corrected chi connectivity index (χ0v) is 8.56. The minimum Gasteiger partial charge on any atom is -0.411 e. The molecule has 0 aromatic heterocycles. The van der Waals surface area contributed by atoms with Gasteiger partial charge < -0.3 is 14.8 Å². The Morgan fingerprint density at radius 2 is 2.50 bits per heavy atom. The summed E-state index contributed by atoms with van der Waals surface area (Å²) in [6.45, 7) is 3.30. The van der Waals surface area contributed by atoms with E-state index in [1.165, 1.54) is 7.11 Å². The molecule has 0 aromatic rings. The number of rotatable bonds is 2. The highest BCUT2D eigenvalue weighted by molar-refractivity contribution is 5.89. The van der Waals surface area contributed by atoms with Crippen molar-refractivity contribution >= 4 is 11.6 Å². The molecule has 1 saturated heterocycles. The van der Waals surface area contributed by atoms with E-state index in [1.807, 2.05) is 6.92 Å². The maximum atomic E-state index is 11.4. The number of oxime groups is 1. The monoisotopic (exact) mass is 200 g/mol. The largest absolute Gasteiger partial charge is 0.411 e. The van der Waals surface area contributed by atoms with Crippen LogP contribution in [0, 0.1) is 5.92 Å². The molecule has 1 fully saturated rings. The van der Waals surface area contributed by atoms with Crippen molar-refractivity contribution in [3.63, 3.8) is 0 Å². The Bertz CT molecular complexity index is 240. The first-order valence-corrected chi connectivity index (χ1v) is 4.66. The van der Waals surface area contributed by atoms with Crippen LogP contribution in [-0.4, -0.2) is 48.5 Å². The van der Waals surface area contributed by atoms with Gasteiger partial charge in [-0.2, -0.15) is 0 Å². The Morgan fingerprint density at radius 3 is 3.00 bits per heavy atom. The number of methoxy groups -OCH3 is 1. The number of hydrogen-bond acceptors (Lipinski definition) is 4. The van der Waals surface area contributed by atoms with Gasteiger partial charge in [-0.15, -0.1) is 0 Å². The summed E-state index contributed by atoms with van der Waals surface area (Å²) in [6.07, 6.45) is 0.646. The molecule has 0 aromatic carbocycles. The smallest absolute Gasteiger partial charge is 0.248 e. The third kappa shape index (κ3) is 2.45. The van der Waals surface area contributed by atoms with Crippen molar-refractivity contribution in [1.29, 1.82) is 0 Å². The predicted octanol–water partition coefficient (Wildman–Crippen LogP) is 0.331. The minimum atomic E-state index is -0.00339. The molecule has 1 unspecified atom stereocenters. The molecule has 5 heteroatoms. The number of piperidine rings is 1. The number of carbonyl (C=O) groups excluding carboxylic acids is 1. The molecule has 80 valence electrons. The molecular weight excluding hydrogens is 184 g/mol. The van der Waals surface area contributed by atoms with E-state index in [4.69, 9.17) is 9.94 Å². The van der Waals surface area contributed by atoms with E-state index < -0.39 is 0 Å². The lowest BCUT2D eigenvalue weighted by molar-refractivity contribution is -0.135. The van der Waals surface area contributed by atoms with Gasteiger partial charge in [0.1, 0.15) is 6.61 Å². The van der Waals surface area contributed by atoms with E-state index in [-0.39, 0.29) is 18.4 Å². The Morgan fingerprint density at radius 1 is 1.79 bits per heavy atom. The second-order valence-corrected chi connectivity index (χ2v) is 3.52. The molecule has 1 N–H and O–H groups in total. The molecule has 1 heterocycles. The van der Waals surface area contributed by atoms with Crippen LogP contribution in [0.2, 0.25) is 0 Å². The zero-order valence-electron chi connectivity index (χ0n) is 8.56. The normalized spacial score (nSPS) is 25.4. The van der Waals surface area contributed by atoms with Crippen molar-refractivity contribution in [2.24, 2.45) is 11.1 Å². The molecule has 1 aliphatic heterocycles. The second kappa shape index (κ2) is 4.95. The first-order chi connectivity index (χ1) is 6.69. The van der Waals surface area contributed by atoms with Crippen LogP contribution in [0.1, 0.15) is 13.3 Å². The lowest BCUT2D eigenvalue weighted by Gasteiger charge is -2.31. The maximum absolute atomic E-state index is 11.4. The quantitative estimate of drug-likeness (QED) is 0.516. The number of hydrogen-bond donors (Lipinski definition) is 1. The second-order valence-electron chi connectivity index (χ2n) is 3.52. The summed E-state index contributed by atoms with van der Waals surface area (Å²) >= 11 is 0. The van der Waals surface area contributed by atoms with Gasteiger partial charge in [0.05, 0.1) is 5.71 Å². The molecule has 0 aliphatic carbocycles. The Hall–Kier alpha value is -1.10. The van der Waals surface area contributed by atoms with Gasteiger partial charge in [0, 0.05) is 32.5 Å². The summed E-state index contributed by atoms with van der Waals surface area (Å²) in [4.78, 5) is 13.2. The summed E-state index contributed by atoms with van der Waals surface area (Å²) < 4.78 is 4.77. The van der Waals surface area contributed by atoms with E-state index in [0.29, 0.717) is 19.5 Å². The molecule has 1 amide bonds. The SMILES string of the molecule is COCC(=O)N1CC/C(=N\O)C(C)C1. The van der Waals surface area contributed by atoms with Gasteiger partial charge >= 0.3 is 0 Å². The molecule has 5 nitrogen and oxygen atoms in total. The molecule has 0 bridgehead atoms. The average Bonchev–Trinajstić information content (AvgIpc) is 2.18. The highest BCUT2D eigenvalue weighted by Gasteiger charge is 2.25. The first-order valence-electron chi connectivity index (χ1n) is 4.66. The highest BCUT2D eigenvalue weighted by atomic mass is 16.5. The molecule has 0 radical (unpaired) electrons. The highest BCUT2D eigenvalue weighted by Crippen LogP contribution is 2.13. The first kappa shape index (κ1) is 11.0. The van der Waals surface area contributed by atoms with E-state index in [1.54, 1.807) is 4.90 Å². The van der Waals surface area contributed by atoms with Gasteiger partial charge in [0.15, 0.2) is 0 Å². The maximum Gasteiger partial charge on any atom is 0.248 e. The van der Waals surface area contributed by atoms with Crippen LogP contribution in [0.5, 0.6) is 0 Å². The van der Waals surface area contributed by atoms with Crippen LogP contribution < -0.4 is 0 Å². The Balaban J connectivity index is 2.50. The number of carbonyl (C=O) groups is 1. The summed E-state index contributed by atoms with van der Waals surface area (Å²) in [6, 6.07) is 0. The fourth-order valence-corrected chi connectivity index (χ4v) is 1.61. The third-order valence-electron chi connectivity index (χ3n) is 2.45. The Labute approximate surface area is 83.3 Å². The van der Waals surface area contributed by atoms with Gasteiger partial charge in [-0.1, -0.05) is 12.1 Å². The van der Waals surface area contributed by atoms with E-state index in [9.17, 15) is 4.79 Å². The van der Waals surface area contributed by atoms with Crippen molar-refractivity contribution in [3.8, 4) is 0 Å². The van der Waals surface area contributed by atoms with Crippen LogP contribution in [0.25, 0.3) is 0 Å². The lowest BCUT2D eigenvalue weighted by Crippen LogP contribution is -2.44. The van der Waals surface area contributed by atoms with Gasteiger partial charge in [-0.05, 0) is 0 Å². The fourth-order valence-electron chi connectivity index (χ4n) is 1.61. The van der Waals surface area contributed by atoms with Gasteiger partial charge in [0.2, 0.25) is 5.91 Å². The number of likely N-dealkylation sites (tertiary alicyclic amines) is 1. The van der Waals surface area contributed by atoms with Gasteiger partial charge in [-0.25, -0.2) is 0 Å². The predicted molar refractivity (Wildman–Crippen MR) is 51.5 cm³/mol. The molecule has 14 heavy (non-hydrogen) atoms. The van der Waals surface area contributed by atoms with Crippen LogP contribution in [0.3, 0.4) is 0 Å². The number of nitrogens with zero attached hydrogens (tertiary/aromatic N) is 2. The van der Waals surface area contributed by atoms with E-state index in [0.717, 1.165) is 5.71 Å². The van der Waals surface area contributed by atoms with Crippen LogP contribution in [0.4, 0.5) is 0 Å². The van der Waals surface area contributed by atoms with Crippen molar-refractivity contribution in [3.05, 3.63) is 0 Å². The average molecular weight is 200 g/mol. The molecule has 0 saturated carbocycles. The van der Waals surface area contributed by atoms with Gasteiger partial charge in [0.25, 0.3) is 0 Å². The summed E-state index contributed by atoms with van der Waals surface area (Å²) in [5.74, 6) is 0.130. The molecule has 0 spiro atoms. The van der Waals surface area contributed by atoms with Crippen LogP contribution in [-0.2, 0) is 9.53 Å². The van der Waals surface area contributed by atoms with Crippen LogP contribution >= 0.6 is 0 Å². The number of amides is 1. The Kier molecular flexibility index (Phi) is 3.88. The minimum absolute atomic E-state index is 0.00339. The third-order valence-corrected chi connectivity index (χ3v) is 2.45. The fraction of sp³-hybridized carbons (Fsp3) is 0.778. The van der Waals surface area contributed by atoms with Crippen LogP contribution in [0.15, 0.2) is 5.16 Å². The van der Waals surface area contributed by atoms with E-state index in [2.05, 4.69) is 5.16 Å². The van der Waals surface area contributed by atoms with Crippen molar-refractivity contribution in [2.45, 2.75) is 13.3 Å². The molecular formula is C9H16N2O3. The van der Waals surface area contributed by atoms with E-state index >= 15 is 0 Å². The van der Waals surface area contributed by atoms with Crippen molar-refractivity contribution < 1.29 is 14.7 Å².